The Morgan fingerprint density at radius 3 is 2.47 bits per heavy atom. The zero-order chi connectivity index (χ0) is 14.0. The molecule has 0 aliphatic carbocycles. The van der Waals surface area contributed by atoms with Gasteiger partial charge in [0.2, 0.25) is 0 Å². The summed E-state index contributed by atoms with van der Waals surface area (Å²) in [4.78, 5) is 0. The third-order valence-corrected chi connectivity index (χ3v) is 2.90. The largest absolute Gasteiger partial charge is 0.404 e. The molecule has 0 bridgehead atoms. The molecule has 0 amide bonds. The summed E-state index contributed by atoms with van der Waals surface area (Å²) >= 11 is 0. The molecule has 19 heavy (non-hydrogen) atoms. The molecule has 0 fully saturated rings. The standard InChI is InChI=1S/C13H14F3N3/c1-19-10(8-12(17)13(14,15)16)7-11(18-19)9-5-3-2-4-6-9/h2-7,12H,8,17H2,1H3. The lowest BCUT2D eigenvalue weighted by molar-refractivity contribution is -0.147. The number of alkyl halides is 3. The van der Waals surface area contributed by atoms with E-state index < -0.39 is 12.2 Å². The van der Waals surface area contributed by atoms with Gasteiger partial charge in [0.25, 0.3) is 0 Å². The summed E-state index contributed by atoms with van der Waals surface area (Å²) in [6.07, 6.45) is -4.67. The Morgan fingerprint density at radius 2 is 1.89 bits per heavy atom. The van der Waals surface area contributed by atoms with Crippen molar-refractivity contribution in [2.24, 2.45) is 12.8 Å². The van der Waals surface area contributed by atoms with E-state index in [1.54, 1.807) is 13.1 Å². The van der Waals surface area contributed by atoms with Gasteiger partial charge in [0.1, 0.15) is 6.04 Å². The zero-order valence-electron chi connectivity index (χ0n) is 10.4. The van der Waals surface area contributed by atoms with E-state index in [2.05, 4.69) is 5.10 Å². The quantitative estimate of drug-likeness (QED) is 0.930. The fraction of sp³-hybridized carbons (Fsp3) is 0.308. The number of nitrogens with two attached hydrogens (primary N) is 1. The Kier molecular flexibility index (Phi) is 3.61. The summed E-state index contributed by atoms with van der Waals surface area (Å²) in [6, 6.07) is 9.06. The van der Waals surface area contributed by atoms with Gasteiger partial charge in [-0.3, -0.25) is 4.68 Å². The second-order valence-electron chi connectivity index (χ2n) is 4.36. The maximum Gasteiger partial charge on any atom is 0.404 e. The normalized spacial score (nSPS) is 13.5. The number of halogens is 3. The topological polar surface area (TPSA) is 43.8 Å². The minimum Gasteiger partial charge on any atom is -0.320 e. The van der Waals surface area contributed by atoms with Crippen molar-refractivity contribution in [3.8, 4) is 11.3 Å². The maximum atomic E-state index is 12.4. The highest BCUT2D eigenvalue weighted by atomic mass is 19.4. The highest BCUT2D eigenvalue weighted by Gasteiger charge is 2.37. The van der Waals surface area contributed by atoms with Crippen LogP contribution in [0, 0.1) is 0 Å². The first-order valence-corrected chi connectivity index (χ1v) is 5.78. The van der Waals surface area contributed by atoms with Crippen LogP contribution in [-0.4, -0.2) is 22.0 Å². The third kappa shape index (κ3) is 3.14. The summed E-state index contributed by atoms with van der Waals surface area (Å²) < 4.78 is 38.8. The van der Waals surface area contributed by atoms with Gasteiger partial charge >= 0.3 is 6.18 Å². The average Bonchev–Trinajstić information content (AvgIpc) is 2.71. The van der Waals surface area contributed by atoms with Crippen molar-refractivity contribution < 1.29 is 13.2 Å². The summed E-state index contributed by atoms with van der Waals surface area (Å²) in [7, 11) is 1.62. The van der Waals surface area contributed by atoms with Crippen molar-refractivity contribution in [1.29, 1.82) is 0 Å². The number of hydrogen-bond donors (Lipinski definition) is 1. The minimum atomic E-state index is -4.39. The highest BCUT2D eigenvalue weighted by Crippen LogP contribution is 2.23. The summed E-state index contributed by atoms with van der Waals surface area (Å²) in [5.41, 5.74) is 7.11. The van der Waals surface area contributed by atoms with Crippen LogP contribution in [0.3, 0.4) is 0 Å². The summed E-state index contributed by atoms with van der Waals surface area (Å²) in [6.45, 7) is 0. The lowest BCUT2D eigenvalue weighted by Crippen LogP contribution is -2.39. The lowest BCUT2D eigenvalue weighted by Gasteiger charge is -2.14. The van der Waals surface area contributed by atoms with Gasteiger partial charge in [-0.25, -0.2) is 0 Å². The average molecular weight is 269 g/mol. The molecule has 0 radical (unpaired) electrons. The number of aromatic nitrogens is 2. The van der Waals surface area contributed by atoms with E-state index in [-0.39, 0.29) is 6.42 Å². The molecule has 2 rings (SSSR count). The smallest absolute Gasteiger partial charge is 0.320 e. The van der Waals surface area contributed by atoms with Gasteiger partial charge in [-0.05, 0) is 6.07 Å². The molecule has 0 spiro atoms. The molecule has 102 valence electrons. The number of nitrogens with zero attached hydrogens (tertiary/aromatic N) is 2. The molecule has 0 aliphatic rings. The minimum absolute atomic E-state index is 0.278. The van der Waals surface area contributed by atoms with E-state index in [0.29, 0.717) is 11.4 Å². The third-order valence-electron chi connectivity index (χ3n) is 2.90. The summed E-state index contributed by atoms with van der Waals surface area (Å²) in [5.74, 6) is 0. The first-order valence-electron chi connectivity index (χ1n) is 5.78. The Labute approximate surface area is 108 Å². The highest BCUT2D eigenvalue weighted by molar-refractivity contribution is 5.59. The Balaban J connectivity index is 2.23. The molecule has 2 N–H and O–H groups in total. The maximum absolute atomic E-state index is 12.4. The van der Waals surface area contributed by atoms with Crippen molar-refractivity contribution in [1.82, 2.24) is 9.78 Å². The van der Waals surface area contributed by atoms with Gasteiger partial charge in [0, 0.05) is 24.7 Å². The van der Waals surface area contributed by atoms with E-state index in [1.165, 1.54) is 4.68 Å². The molecule has 1 aromatic heterocycles. The van der Waals surface area contributed by atoms with Crippen LogP contribution < -0.4 is 5.73 Å². The van der Waals surface area contributed by atoms with Crippen molar-refractivity contribution >= 4 is 0 Å². The number of hydrogen-bond acceptors (Lipinski definition) is 2. The fourth-order valence-electron chi connectivity index (χ4n) is 1.79. The van der Waals surface area contributed by atoms with Crippen LogP contribution in [-0.2, 0) is 13.5 Å². The molecule has 1 heterocycles. The first kappa shape index (κ1) is 13.6. The Hall–Kier alpha value is -1.82. The van der Waals surface area contributed by atoms with Crippen LogP contribution in [0.2, 0.25) is 0 Å². The van der Waals surface area contributed by atoms with E-state index >= 15 is 0 Å². The van der Waals surface area contributed by atoms with E-state index in [9.17, 15) is 13.2 Å². The molecule has 1 atom stereocenters. The zero-order valence-corrected chi connectivity index (χ0v) is 10.4. The van der Waals surface area contributed by atoms with Crippen molar-refractivity contribution in [2.75, 3.05) is 0 Å². The molecular formula is C13H14F3N3. The summed E-state index contributed by atoms with van der Waals surface area (Å²) in [5, 5.41) is 4.21. The monoisotopic (exact) mass is 269 g/mol. The number of rotatable bonds is 3. The predicted octanol–water partition coefficient (Wildman–Crippen LogP) is 2.52. The van der Waals surface area contributed by atoms with Crippen LogP contribution in [0.1, 0.15) is 5.69 Å². The molecule has 0 aliphatic heterocycles. The molecule has 0 saturated carbocycles. The molecular weight excluding hydrogens is 255 g/mol. The van der Waals surface area contributed by atoms with Gasteiger partial charge in [-0.2, -0.15) is 18.3 Å². The molecule has 3 nitrogen and oxygen atoms in total. The molecule has 1 unspecified atom stereocenters. The van der Waals surface area contributed by atoms with Gasteiger partial charge in [0.05, 0.1) is 5.69 Å². The van der Waals surface area contributed by atoms with Gasteiger partial charge in [-0.15, -0.1) is 0 Å². The van der Waals surface area contributed by atoms with Crippen molar-refractivity contribution in [2.45, 2.75) is 18.6 Å². The Morgan fingerprint density at radius 1 is 1.26 bits per heavy atom. The van der Waals surface area contributed by atoms with Gasteiger partial charge in [-0.1, -0.05) is 30.3 Å². The van der Waals surface area contributed by atoms with Crippen molar-refractivity contribution in [3.05, 3.63) is 42.1 Å². The molecule has 0 saturated heterocycles. The molecule has 1 aromatic carbocycles. The lowest BCUT2D eigenvalue weighted by atomic mass is 10.1. The fourth-order valence-corrected chi connectivity index (χ4v) is 1.79. The molecule has 2 aromatic rings. The second-order valence-corrected chi connectivity index (χ2v) is 4.36. The van der Waals surface area contributed by atoms with Crippen LogP contribution in [0.15, 0.2) is 36.4 Å². The van der Waals surface area contributed by atoms with E-state index in [4.69, 9.17) is 5.73 Å². The first-order chi connectivity index (χ1) is 8.88. The Bertz CT molecular complexity index is 546. The van der Waals surface area contributed by atoms with Crippen LogP contribution in [0.25, 0.3) is 11.3 Å². The van der Waals surface area contributed by atoms with E-state index in [0.717, 1.165) is 5.56 Å². The number of aryl methyl sites for hydroxylation is 1. The second kappa shape index (κ2) is 5.05. The van der Waals surface area contributed by atoms with Crippen molar-refractivity contribution in [3.63, 3.8) is 0 Å². The van der Waals surface area contributed by atoms with Crippen LogP contribution in [0.4, 0.5) is 13.2 Å². The van der Waals surface area contributed by atoms with Crippen LogP contribution >= 0.6 is 0 Å². The van der Waals surface area contributed by atoms with Gasteiger partial charge < -0.3 is 5.73 Å². The SMILES string of the molecule is Cn1nc(-c2ccccc2)cc1CC(N)C(F)(F)F. The number of benzene rings is 1. The predicted molar refractivity (Wildman–Crippen MR) is 66.4 cm³/mol. The van der Waals surface area contributed by atoms with Gasteiger partial charge in [0.15, 0.2) is 0 Å². The van der Waals surface area contributed by atoms with E-state index in [1.807, 2.05) is 30.3 Å². The van der Waals surface area contributed by atoms with Crippen LogP contribution in [0.5, 0.6) is 0 Å². The molecule has 6 heteroatoms.